The van der Waals surface area contributed by atoms with Crippen LogP contribution < -0.4 is 0 Å². The lowest BCUT2D eigenvalue weighted by molar-refractivity contribution is 0.178. The van der Waals surface area contributed by atoms with Crippen molar-refractivity contribution in [3.63, 3.8) is 0 Å². The van der Waals surface area contributed by atoms with E-state index in [1.165, 1.54) is 4.88 Å². The third-order valence-electron chi connectivity index (χ3n) is 2.78. The predicted molar refractivity (Wildman–Crippen MR) is 70.6 cm³/mol. The van der Waals surface area contributed by atoms with Gasteiger partial charge in [0.25, 0.3) is 0 Å². The Morgan fingerprint density at radius 3 is 2.59 bits per heavy atom. The third-order valence-corrected chi connectivity index (χ3v) is 3.76. The average molecular weight is 248 g/mol. The van der Waals surface area contributed by atoms with Crippen LogP contribution in [0.25, 0.3) is 0 Å². The number of hydrogen-bond acceptors (Lipinski definition) is 3. The Bertz CT molecular complexity index is 517. The molecule has 1 aromatic carbocycles. The van der Waals surface area contributed by atoms with Crippen molar-refractivity contribution in [3.8, 4) is 5.75 Å². The number of rotatable bonds is 3. The van der Waals surface area contributed by atoms with Crippen LogP contribution >= 0.6 is 11.3 Å². The molecule has 0 aliphatic rings. The summed E-state index contributed by atoms with van der Waals surface area (Å²) in [7, 11) is 0. The van der Waals surface area contributed by atoms with Gasteiger partial charge in [0, 0.05) is 16.2 Å². The smallest absolute Gasteiger partial charge is 0.115 e. The highest BCUT2D eigenvalue weighted by atomic mass is 32.1. The number of thiophene rings is 1. The fourth-order valence-electron chi connectivity index (χ4n) is 2.00. The first kappa shape index (κ1) is 12.1. The molecule has 90 valence electrons. The first-order chi connectivity index (χ1) is 8.06. The molecule has 0 saturated heterocycles. The van der Waals surface area contributed by atoms with Gasteiger partial charge in [-0.15, -0.1) is 11.3 Å². The summed E-state index contributed by atoms with van der Waals surface area (Å²) in [5.41, 5.74) is 1.94. The van der Waals surface area contributed by atoms with E-state index in [0.717, 1.165) is 16.0 Å². The summed E-state index contributed by atoms with van der Waals surface area (Å²) < 4.78 is 0. The quantitative estimate of drug-likeness (QED) is 0.874. The van der Waals surface area contributed by atoms with E-state index < -0.39 is 6.10 Å². The van der Waals surface area contributed by atoms with Gasteiger partial charge in [-0.3, -0.25) is 0 Å². The van der Waals surface area contributed by atoms with E-state index >= 15 is 0 Å². The van der Waals surface area contributed by atoms with Gasteiger partial charge in [-0.25, -0.2) is 0 Å². The number of aliphatic hydroxyl groups excluding tert-OH is 1. The van der Waals surface area contributed by atoms with Gasteiger partial charge in [0.2, 0.25) is 0 Å². The van der Waals surface area contributed by atoms with Crippen LogP contribution in [-0.4, -0.2) is 10.2 Å². The molecule has 2 aromatic rings. The molecule has 0 bridgehead atoms. The number of aryl methyl sites for hydroxylation is 2. The van der Waals surface area contributed by atoms with Crippen LogP contribution in [0.1, 0.15) is 27.0 Å². The monoisotopic (exact) mass is 248 g/mol. The molecule has 2 rings (SSSR count). The maximum Gasteiger partial charge on any atom is 0.115 e. The Labute approximate surface area is 105 Å². The third kappa shape index (κ3) is 2.87. The molecule has 17 heavy (non-hydrogen) atoms. The molecular formula is C14H16O2S. The van der Waals surface area contributed by atoms with Gasteiger partial charge in [0.05, 0.1) is 6.10 Å². The molecule has 0 fully saturated rings. The normalized spacial score (nSPS) is 12.6. The van der Waals surface area contributed by atoms with Crippen molar-refractivity contribution >= 4 is 11.3 Å². The van der Waals surface area contributed by atoms with Gasteiger partial charge in [0.15, 0.2) is 0 Å². The second kappa shape index (κ2) is 4.90. The van der Waals surface area contributed by atoms with Crippen molar-refractivity contribution in [1.82, 2.24) is 0 Å². The van der Waals surface area contributed by atoms with Crippen molar-refractivity contribution < 1.29 is 10.2 Å². The minimum Gasteiger partial charge on any atom is -0.508 e. The summed E-state index contributed by atoms with van der Waals surface area (Å²) in [6.07, 6.45) is 0.0348. The maximum atomic E-state index is 10.2. The van der Waals surface area contributed by atoms with Crippen molar-refractivity contribution in [2.45, 2.75) is 26.4 Å². The van der Waals surface area contributed by atoms with Crippen molar-refractivity contribution in [1.29, 1.82) is 0 Å². The van der Waals surface area contributed by atoms with Gasteiger partial charge >= 0.3 is 0 Å². The van der Waals surface area contributed by atoms with Crippen LogP contribution in [0.4, 0.5) is 0 Å². The van der Waals surface area contributed by atoms with E-state index in [-0.39, 0.29) is 5.75 Å². The Morgan fingerprint density at radius 1 is 1.24 bits per heavy atom. The molecule has 0 spiro atoms. The molecule has 0 radical (unpaired) electrons. The zero-order valence-corrected chi connectivity index (χ0v) is 10.8. The van der Waals surface area contributed by atoms with E-state index in [0.29, 0.717) is 6.42 Å². The first-order valence-corrected chi connectivity index (χ1v) is 6.41. The summed E-state index contributed by atoms with van der Waals surface area (Å²) in [5.74, 6) is 0.243. The fourth-order valence-corrected chi connectivity index (χ4v) is 2.98. The van der Waals surface area contributed by atoms with Crippen molar-refractivity contribution in [2.75, 3.05) is 0 Å². The second-order valence-corrected chi connectivity index (χ2v) is 5.72. The van der Waals surface area contributed by atoms with E-state index in [1.54, 1.807) is 29.5 Å². The van der Waals surface area contributed by atoms with Gasteiger partial charge in [-0.2, -0.15) is 0 Å². The van der Waals surface area contributed by atoms with Gasteiger partial charge < -0.3 is 10.2 Å². The van der Waals surface area contributed by atoms with E-state index in [2.05, 4.69) is 0 Å². The molecule has 1 unspecified atom stereocenters. The molecule has 1 aromatic heterocycles. The highest BCUT2D eigenvalue weighted by molar-refractivity contribution is 7.12. The van der Waals surface area contributed by atoms with Crippen LogP contribution in [0, 0.1) is 13.8 Å². The minimum atomic E-state index is -0.498. The Balaban J connectivity index is 2.16. The summed E-state index contributed by atoms with van der Waals surface area (Å²) >= 11 is 1.70. The molecule has 3 heteroatoms. The van der Waals surface area contributed by atoms with Gasteiger partial charge in [-0.05, 0) is 43.2 Å². The SMILES string of the molecule is Cc1cc(C(O)Cc2cccc(O)c2)c(C)s1. The van der Waals surface area contributed by atoms with E-state index in [4.69, 9.17) is 0 Å². The lowest BCUT2D eigenvalue weighted by Gasteiger charge is -2.10. The zero-order valence-electron chi connectivity index (χ0n) is 9.97. The Morgan fingerprint density at radius 2 is 2.00 bits per heavy atom. The number of hydrogen-bond donors (Lipinski definition) is 2. The van der Waals surface area contributed by atoms with Crippen LogP contribution in [0.2, 0.25) is 0 Å². The summed E-state index contributed by atoms with van der Waals surface area (Å²) in [6, 6.07) is 9.07. The Kier molecular flexibility index (Phi) is 3.50. The minimum absolute atomic E-state index is 0.243. The molecule has 0 aliphatic carbocycles. The molecule has 0 saturated carbocycles. The topological polar surface area (TPSA) is 40.5 Å². The van der Waals surface area contributed by atoms with Crippen molar-refractivity contribution in [2.24, 2.45) is 0 Å². The summed E-state index contributed by atoms with van der Waals surface area (Å²) in [4.78, 5) is 2.38. The molecule has 2 nitrogen and oxygen atoms in total. The highest BCUT2D eigenvalue weighted by Crippen LogP contribution is 2.28. The number of phenolic OH excluding ortho intramolecular Hbond substituents is 1. The lowest BCUT2D eigenvalue weighted by atomic mass is 10.0. The second-order valence-electron chi connectivity index (χ2n) is 4.26. The average Bonchev–Trinajstić information content (AvgIpc) is 2.58. The molecule has 2 N–H and O–H groups in total. The molecule has 1 atom stereocenters. The fraction of sp³-hybridized carbons (Fsp3) is 0.286. The zero-order chi connectivity index (χ0) is 12.4. The van der Waals surface area contributed by atoms with Crippen LogP contribution in [-0.2, 0) is 6.42 Å². The van der Waals surface area contributed by atoms with Crippen LogP contribution in [0.15, 0.2) is 30.3 Å². The molecule has 1 heterocycles. The summed E-state index contributed by atoms with van der Waals surface area (Å²) in [5, 5.41) is 19.6. The number of phenols is 1. The largest absolute Gasteiger partial charge is 0.508 e. The van der Waals surface area contributed by atoms with Gasteiger partial charge in [0.1, 0.15) is 5.75 Å². The van der Waals surface area contributed by atoms with Crippen LogP contribution in [0.3, 0.4) is 0 Å². The maximum absolute atomic E-state index is 10.2. The predicted octanol–water partition coefficient (Wildman–Crippen LogP) is 3.35. The van der Waals surface area contributed by atoms with Gasteiger partial charge in [-0.1, -0.05) is 12.1 Å². The van der Waals surface area contributed by atoms with Crippen LogP contribution in [0.5, 0.6) is 5.75 Å². The summed E-state index contributed by atoms with van der Waals surface area (Å²) in [6.45, 7) is 4.07. The van der Waals surface area contributed by atoms with Crippen molar-refractivity contribution in [3.05, 3.63) is 51.2 Å². The van der Waals surface area contributed by atoms with E-state index in [1.807, 2.05) is 26.0 Å². The Hall–Kier alpha value is -1.32. The van der Waals surface area contributed by atoms with E-state index in [9.17, 15) is 10.2 Å². The number of aliphatic hydroxyl groups is 1. The standard InChI is InChI=1S/C14H16O2S/c1-9-6-13(10(2)17-9)14(16)8-11-4-3-5-12(15)7-11/h3-7,14-16H,8H2,1-2H3. The molecule has 0 aliphatic heterocycles. The highest BCUT2D eigenvalue weighted by Gasteiger charge is 2.13. The first-order valence-electron chi connectivity index (χ1n) is 5.59. The number of aromatic hydroxyl groups is 1. The molecule has 0 amide bonds. The lowest BCUT2D eigenvalue weighted by Crippen LogP contribution is -2.01. The number of benzene rings is 1. The molecular weight excluding hydrogens is 232 g/mol.